The smallest absolute Gasteiger partial charge is 0.0701 e. The molecule has 2 aliphatic rings. The van der Waals surface area contributed by atoms with Crippen molar-refractivity contribution in [2.75, 3.05) is 53.0 Å². The highest BCUT2D eigenvalue weighted by molar-refractivity contribution is 7.10. The minimum Gasteiger partial charge on any atom is -0.379 e. The first-order chi connectivity index (χ1) is 10.8. The second kappa shape index (κ2) is 8.41. The first-order valence-electron chi connectivity index (χ1n) is 8.48. The highest BCUT2D eigenvalue weighted by Gasteiger charge is 2.26. The molecule has 124 valence electrons. The molecule has 0 unspecified atom stereocenters. The molecule has 2 atom stereocenters. The SMILES string of the molecule is CN(C[C@@H]1CCCCO1)C[C@@H](c1cccs1)N1CCOCC1. The van der Waals surface area contributed by atoms with E-state index in [4.69, 9.17) is 9.47 Å². The second-order valence-corrected chi connectivity index (χ2v) is 7.37. The van der Waals surface area contributed by atoms with Crippen LogP contribution in [-0.2, 0) is 9.47 Å². The lowest BCUT2D eigenvalue weighted by molar-refractivity contribution is -0.0150. The molecule has 0 N–H and O–H groups in total. The molecule has 2 saturated heterocycles. The summed E-state index contributed by atoms with van der Waals surface area (Å²) in [5.41, 5.74) is 0. The van der Waals surface area contributed by atoms with Crippen molar-refractivity contribution < 1.29 is 9.47 Å². The first-order valence-corrected chi connectivity index (χ1v) is 9.36. The van der Waals surface area contributed by atoms with Crippen molar-refractivity contribution in [3.05, 3.63) is 22.4 Å². The second-order valence-electron chi connectivity index (χ2n) is 6.39. The van der Waals surface area contributed by atoms with E-state index in [1.54, 1.807) is 0 Å². The molecule has 22 heavy (non-hydrogen) atoms. The van der Waals surface area contributed by atoms with Gasteiger partial charge in [-0.05, 0) is 37.8 Å². The van der Waals surface area contributed by atoms with E-state index in [0.29, 0.717) is 12.1 Å². The topological polar surface area (TPSA) is 24.9 Å². The van der Waals surface area contributed by atoms with Gasteiger partial charge in [-0.3, -0.25) is 4.90 Å². The Bertz CT molecular complexity index is 414. The molecule has 3 heterocycles. The van der Waals surface area contributed by atoms with Gasteiger partial charge in [0.2, 0.25) is 0 Å². The average molecular weight is 324 g/mol. The number of likely N-dealkylation sites (N-methyl/N-ethyl adjacent to an activating group) is 1. The van der Waals surface area contributed by atoms with Gasteiger partial charge in [0.1, 0.15) is 0 Å². The maximum atomic E-state index is 5.89. The number of nitrogens with zero attached hydrogens (tertiary/aromatic N) is 2. The highest BCUT2D eigenvalue weighted by Crippen LogP contribution is 2.27. The monoisotopic (exact) mass is 324 g/mol. The molecule has 3 rings (SSSR count). The summed E-state index contributed by atoms with van der Waals surface area (Å²) in [7, 11) is 2.24. The van der Waals surface area contributed by atoms with Gasteiger partial charge in [0, 0.05) is 37.7 Å². The molecule has 0 amide bonds. The van der Waals surface area contributed by atoms with E-state index >= 15 is 0 Å². The van der Waals surface area contributed by atoms with Crippen molar-refractivity contribution in [3.8, 4) is 0 Å². The van der Waals surface area contributed by atoms with Crippen LogP contribution in [-0.4, -0.2) is 69.0 Å². The third-order valence-electron chi connectivity index (χ3n) is 4.63. The summed E-state index contributed by atoms with van der Waals surface area (Å²) in [5.74, 6) is 0. The molecule has 2 aliphatic heterocycles. The number of ether oxygens (including phenoxy) is 2. The van der Waals surface area contributed by atoms with Crippen LogP contribution < -0.4 is 0 Å². The van der Waals surface area contributed by atoms with E-state index in [1.807, 2.05) is 11.3 Å². The zero-order chi connectivity index (χ0) is 15.2. The number of hydrogen-bond donors (Lipinski definition) is 0. The third-order valence-corrected chi connectivity index (χ3v) is 5.61. The normalized spacial score (nSPS) is 25.5. The molecule has 0 radical (unpaired) electrons. The van der Waals surface area contributed by atoms with Crippen LogP contribution in [0.15, 0.2) is 17.5 Å². The maximum Gasteiger partial charge on any atom is 0.0701 e. The molecular formula is C17H28N2O2S. The van der Waals surface area contributed by atoms with Crippen molar-refractivity contribution in [1.29, 1.82) is 0 Å². The van der Waals surface area contributed by atoms with Crippen molar-refractivity contribution in [2.24, 2.45) is 0 Å². The van der Waals surface area contributed by atoms with E-state index in [-0.39, 0.29) is 0 Å². The van der Waals surface area contributed by atoms with Crippen molar-refractivity contribution in [2.45, 2.75) is 31.4 Å². The Labute approximate surface area is 138 Å². The lowest BCUT2D eigenvalue weighted by Gasteiger charge is -2.37. The average Bonchev–Trinajstić information content (AvgIpc) is 3.08. The van der Waals surface area contributed by atoms with Crippen LogP contribution in [0.25, 0.3) is 0 Å². The van der Waals surface area contributed by atoms with E-state index < -0.39 is 0 Å². The van der Waals surface area contributed by atoms with Crippen molar-refractivity contribution in [3.63, 3.8) is 0 Å². The lowest BCUT2D eigenvalue weighted by Crippen LogP contribution is -2.44. The number of thiophene rings is 1. The van der Waals surface area contributed by atoms with Gasteiger partial charge in [0.15, 0.2) is 0 Å². The standard InChI is InChI=1S/C17H28N2O2S/c1-18(13-15-5-2-3-9-21-15)14-16(17-6-4-12-22-17)19-7-10-20-11-8-19/h4,6,12,15-16H,2-3,5,7-11,13-14H2,1H3/t15-,16-/m0/s1. The lowest BCUT2D eigenvalue weighted by atomic mass is 10.1. The predicted octanol–water partition coefficient (Wildman–Crippen LogP) is 2.62. The Morgan fingerprint density at radius 1 is 1.32 bits per heavy atom. The van der Waals surface area contributed by atoms with Crippen LogP contribution in [0.4, 0.5) is 0 Å². The van der Waals surface area contributed by atoms with E-state index in [2.05, 4.69) is 34.4 Å². The quantitative estimate of drug-likeness (QED) is 0.803. The molecule has 4 nitrogen and oxygen atoms in total. The molecule has 5 heteroatoms. The molecule has 1 aromatic rings. The third kappa shape index (κ3) is 4.52. The summed E-state index contributed by atoms with van der Waals surface area (Å²) in [4.78, 5) is 6.50. The maximum absolute atomic E-state index is 5.89. The van der Waals surface area contributed by atoms with Crippen LogP contribution in [0.2, 0.25) is 0 Å². The van der Waals surface area contributed by atoms with Crippen LogP contribution >= 0.6 is 11.3 Å². The van der Waals surface area contributed by atoms with Crippen LogP contribution in [0, 0.1) is 0 Å². The Balaban J connectivity index is 1.59. The zero-order valence-corrected chi connectivity index (χ0v) is 14.4. The molecule has 0 saturated carbocycles. The fraction of sp³-hybridized carbons (Fsp3) is 0.765. The minimum absolute atomic E-state index is 0.424. The predicted molar refractivity (Wildman–Crippen MR) is 90.5 cm³/mol. The minimum atomic E-state index is 0.424. The molecule has 0 aromatic carbocycles. The van der Waals surface area contributed by atoms with E-state index in [9.17, 15) is 0 Å². The fourth-order valence-corrected chi connectivity index (χ4v) is 4.28. The van der Waals surface area contributed by atoms with Crippen molar-refractivity contribution in [1.82, 2.24) is 9.80 Å². The summed E-state index contributed by atoms with van der Waals surface area (Å²) in [6.45, 7) is 6.85. The van der Waals surface area contributed by atoms with Crippen LogP contribution in [0.3, 0.4) is 0 Å². The Morgan fingerprint density at radius 2 is 2.18 bits per heavy atom. The number of hydrogen-bond acceptors (Lipinski definition) is 5. The number of rotatable bonds is 6. The highest BCUT2D eigenvalue weighted by atomic mass is 32.1. The Hall–Kier alpha value is -0.460. The van der Waals surface area contributed by atoms with Crippen LogP contribution in [0.1, 0.15) is 30.2 Å². The molecular weight excluding hydrogens is 296 g/mol. The molecule has 0 bridgehead atoms. The number of morpholine rings is 1. The molecule has 0 aliphatic carbocycles. The van der Waals surface area contributed by atoms with Gasteiger partial charge < -0.3 is 14.4 Å². The van der Waals surface area contributed by atoms with E-state index in [0.717, 1.165) is 46.0 Å². The summed E-state index contributed by atoms with van der Waals surface area (Å²) < 4.78 is 11.4. The van der Waals surface area contributed by atoms with Gasteiger partial charge in [0.25, 0.3) is 0 Å². The summed E-state index contributed by atoms with van der Waals surface area (Å²) in [6, 6.07) is 4.92. The van der Waals surface area contributed by atoms with Crippen molar-refractivity contribution >= 4 is 11.3 Å². The fourth-order valence-electron chi connectivity index (χ4n) is 3.42. The van der Waals surface area contributed by atoms with Crippen LogP contribution in [0.5, 0.6) is 0 Å². The molecule has 2 fully saturated rings. The van der Waals surface area contributed by atoms with Gasteiger partial charge in [0.05, 0.1) is 25.4 Å². The van der Waals surface area contributed by atoms with E-state index in [1.165, 1.54) is 24.1 Å². The first kappa shape index (κ1) is 16.4. The van der Waals surface area contributed by atoms with Gasteiger partial charge in [-0.15, -0.1) is 11.3 Å². The Kier molecular flexibility index (Phi) is 6.27. The van der Waals surface area contributed by atoms with Gasteiger partial charge >= 0.3 is 0 Å². The van der Waals surface area contributed by atoms with Gasteiger partial charge in [-0.2, -0.15) is 0 Å². The Morgan fingerprint density at radius 3 is 2.86 bits per heavy atom. The molecule has 0 spiro atoms. The summed E-state index contributed by atoms with van der Waals surface area (Å²) in [5, 5.41) is 2.19. The molecule has 1 aromatic heterocycles. The van der Waals surface area contributed by atoms with Gasteiger partial charge in [-0.25, -0.2) is 0 Å². The summed E-state index contributed by atoms with van der Waals surface area (Å²) in [6.07, 6.45) is 4.18. The zero-order valence-electron chi connectivity index (χ0n) is 13.6. The van der Waals surface area contributed by atoms with Gasteiger partial charge in [-0.1, -0.05) is 6.07 Å². The summed E-state index contributed by atoms with van der Waals surface area (Å²) >= 11 is 1.87. The largest absolute Gasteiger partial charge is 0.379 e.